The Bertz CT molecular complexity index is 1760. The van der Waals surface area contributed by atoms with E-state index in [1.54, 1.807) is 49.4 Å². The van der Waals surface area contributed by atoms with Crippen LogP contribution in [0.25, 0.3) is 0 Å². The van der Waals surface area contributed by atoms with Crippen LogP contribution in [0.5, 0.6) is 0 Å². The highest BCUT2D eigenvalue weighted by Gasteiger charge is 2.28. The van der Waals surface area contributed by atoms with Gasteiger partial charge in [-0.15, -0.1) is 0 Å². The van der Waals surface area contributed by atoms with E-state index < -0.39 is 32.5 Å². The summed E-state index contributed by atoms with van der Waals surface area (Å²) in [6, 6.07) is 23.5. The molecule has 0 aliphatic carbocycles. The standard InChI is InChI=1S/C29H28ClN3O5S2/c1-20-10-12-25(17-22(20)3)32-39(35,36)26-15-13-24(14-16-26)31-29(34)19-33(28-18-23(30)11-9-21(28)2)40(37,38)27-7-5-4-6-8-27/h4-18,32H,19H2,1-3H3,(H,31,34). The highest BCUT2D eigenvalue weighted by atomic mass is 35.5. The van der Waals surface area contributed by atoms with Crippen molar-refractivity contribution in [3.63, 3.8) is 0 Å². The van der Waals surface area contributed by atoms with Gasteiger partial charge in [0, 0.05) is 16.4 Å². The summed E-state index contributed by atoms with van der Waals surface area (Å²) in [7, 11) is -7.98. The molecule has 0 aliphatic rings. The van der Waals surface area contributed by atoms with E-state index in [-0.39, 0.29) is 15.5 Å². The van der Waals surface area contributed by atoms with Crippen LogP contribution in [0.4, 0.5) is 17.1 Å². The molecule has 0 bridgehead atoms. The van der Waals surface area contributed by atoms with Gasteiger partial charge in [0.25, 0.3) is 20.0 Å². The number of hydrogen-bond acceptors (Lipinski definition) is 5. The monoisotopic (exact) mass is 597 g/mol. The number of halogens is 1. The van der Waals surface area contributed by atoms with Crippen molar-refractivity contribution in [1.82, 2.24) is 0 Å². The minimum absolute atomic E-state index is 0.00608. The molecule has 208 valence electrons. The van der Waals surface area contributed by atoms with Gasteiger partial charge in [0.05, 0.1) is 15.5 Å². The lowest BCUT2D eigenvalue weighted by molar-refractivity contribution is -0.114. The quantitative estimate of drug-likeness (QED) is 0.249. The van der Waals surface area contributed by atoms with Crippen molar-refractivity contribution in [3.05, 3.63) is 113 Å². The molecule has 0 aromatic heterocycles. The lowest BCUT2D eigenvalue weighted by atomic mass is 10.1. The molecule has 0 unspecified atom stereocenters. The molecule has 8 nitrogen and oxygen atoms in total. The SMILES string of the molecule is Cc1ccc(NS(=O)(=O)c2ccc(NC(=O)CN(c3cc(Cl)ccc3C)S(=O)(=O)c3ccccc3)cc2)cc1C. The minimum atomic E-state index is -4.12. The summed E-state index contributed by atoms with van der Waals surface area (Å²) < 4.78 is 56.4. The van der Waals surface area contributed by atoms with Gasteiger partial charge in [-0.2, -0.15) is 0 Å². The van der Waals surface area contributed by atoms with Gasteiger partial charge < -0.3 is 5.32 Å². The van der Waals surface area contributed by atoms with Crippen molar-refractivity contribution in [1.29, 1.82) is 0 Å². The maximum Gasteiger partial charge on any atom is 0.264 e. The van der Waals surface area contributed by atoms with Crippen LogP contribution in [0, 0.1) is 20.8 Å². The lowest BCUT2D eigenvalue weighted by Gasteiger charge is -2.26. The first-order chi connectivity index (χ1) is 18.9. The Labute approximate surface area is 239 Å². The summed E-state index contributed by atoms with van der Waals surface area (Å²) in [6.07, 6.45) is 0. The van der Waals surface area contributed by atoms with Gasteiger partial charge in [-0.3, -0.25) is 13.8 Å². The molecule has 0 heterocycles. The van der Waals surface area contributed by atoms with E-state index in [1.807, 2.05) is 19.9 Å². The van der Waals surface area contributed by atoms with E-state index in [1.165, 1.54) is 42.5 Å². The van der Waals surface area contributed by atoms with Crippen LogP contribution >= 0.6 is 11.6 Å². The zero-order valence-electron chi connectivity index (χ0n) is 22.1. The van der Waals surface area contributed by atoms with E-state index in [2.05, 4.69) is 10.0 Å². The van der Waals surface area contributed by atoms with E-state index in [4.69, 9.17) is 11.6 Å². The number of benzene rings is 4. The fourth-order valence-electron chi connectivity index (χ4n) is 3.94. The number of carbonyl (C=O) groups excluding carboxylic acids is 1. The summed E-state index contributed by atoms with van der Waals surface area (Å²) in [5.41, 5.74) is 3.62. The second-order valence-corrected chi connectivity index (χ2v) is 13.2. The van der Waals surface area contributed by atoms with Crippen LogP contribution in [0.1, 0.15) is 16.7 Å². The molecule has 4 aromatic rings. The molecular weight excluding hydrogens is 570 g/mol. The average molecular weight is 598 g/mol. The summed E-state index contributed by atoms with van der Waals surface area (Å²) in [4.78, 5) is 13.1. The number of amides is 1. The van der Waals surface area contributed by atoms with Crippen LogP contribution in [0.3, 0.4) is 0 Å². The molecule has 11 heteroatoms. The minimum Gasteiger partial charge on any atom is -0.325 e. The number of aryl methyl sites for hydroxylation is 3. The molecule has 0 aliphatic heterocycles. The highest BCUT2D eigenvalue weighted by Crippen LogP contribution is 2.29. The van der Waals surface area contributed by atoms with Crippen molar-refractivity contribution in [2.75, 3.05) is 20.9 Å². The molecular formula is C29H28ClN3O5S2. The molecule has 0 saturated heterocycles. The number of sulfonamides is 2. The van der Waals surface area contributed by atoms with Crippen molar-refractivity contribution >= 4 is 54.6 Å². The van der Waals surface area contributed by atoms with Gasteiger partial charge in [-0.25, -0.2) is 16.8 Å². The lowest BCUT2D eigenvalue weighted by Crippen LogP contribution is -2.38. The first kappa shape index (κ1) is 29.1. The van der Waals surface area contributed by atoms with Gasteiger partial charge in [-0.1, -0.05) is 41.9 Å². The Hall–Kier alpha value is -3.86. The Morgan fingerprint density at radius 2 is 1.35 bits per heavy atom. The van der Waals surface area contributed by atoms with Gasteiger partial charge in [0.1, 0.15) is 6.54 Å². The fourth-order valence-corrected chi connectivity index (χ4v) is 6.65. The summed E-state index contributed by atoms with van der Waals surface area (Å²) in [6.45, 7) is 5.02. The van der Waals surface area contributed by atoms with Crippen molar-refractivity contribution in [2.24, 2.45) is 0 Å². The van der Waals surface area contributed by atoms with E-state index in [9.17, 15) is 21.6 Å². The van der Waals surface area contributed by atoms with Gasteiger partial charge in [0.15, 0.2) is 0 Å². The Morgan fingerprint density at radius 1 is 0.725 bits per heavy atom. The Kier molecular flexibility index (Phi) is 8.53. The molecule has 0 saturated carbocycles. The fraction of sp³-hybridized carbons (Fsp3) is 0.138. The van der Waals surface area contributed by atoms with E-state index in [0.29, 0.717) is 22.0 Å². The van der Waals surface area contributed by atoms with Crippen LogP contribution in [0.15, 0.2) is 101 Å². The molecule has 0 spiro atoms. The molecule has 0 fully saturated rings. The number of hydrogen-bond donors (Lipinski definition) is 2. The number of nitrogens with zero attached hydrogens (tertiary/aromatic N) is 1. The first-order valence-electron chi connectivity index (χ1n) is 12.2. The number of rotatable bonds is 9. The van der Waals surface area contributed by atoms with Gasteiger partial charge in [0.2, 0.25) is 5.91 Å². The highest BCUT2D eigenvalue weighted by molar-refractivity contribution is 7.93. The van der Waals surface area contributed by atoms with Crippen LogP contribution in [-0.2, 0) is 24.8 Å². The van der Waals surface area contributed by atoms with Crippen LogP contribution < -0.4 is 14.3 Å². The molecule has 0 radical (unpaired) electrons. The van der Waals surface area contributed by atoms with E-state index >= 15 is 0 Å². The first-order valence-corrected chi connectivity index (χ1v) is 15.5. The second-order valence-electron chi connectivity index (χ2n) is 9.23. The number of nitrogens with one attached hydrogen (secondary N) is 2. The Balaban J connectivity index is 1.55. The third kappa shape index (κ3) is 6.64. The van der Waals surface area contributed by atoms with Crippen molar-refractivity contribution in [2.45, 2.75) is 30.6 Å². The average Bonchev–Trinajstić information content (AvgIpc) is 2.91. The molecule has 4 rings (SSSR count). The summed E-state index contributed by atoms with van der Waals surface area (Å²) in [5.74, 6) is -0.622. The maximum absolute atomic E-state index is 13.6. The molecule has 4 aromatic carbocycles. The van der Waals surface area contributed by atoms with Crippen LogP contribution in [-0.4, -0.2) is 29.3 Å². The zero-order chi connectivity index (χ0) is 29.1. The van der Waals surface area contributed by atoms with Gasteiger partial charge in [-0.05, 0) is 98.1 Å². The smallest absolute Gasteiger partial charge is 0.264 e. The number of anilines is 3. The van der Waals surface area contributed by atoms with Crippen LogP contribution in [0.2, 0.25) is 5.02 Å². The predicted molar refractivity (Wildman–Crippen MR) is 159 cm³/mol. The van der Waals surface area contributed by atoms with E-state index in [0.717, 1.165) is 15.4 Å². The summed E-state index contributed by atoms with van der Waals surface area (Å²) >= 11 is 6.16. The van der Waals surface area contributed by atoms with Crippen molar-refractivity contribution in [3.8, 4) is 0 Å². The summed E-state index contributed by atoms with van der Waals surface area (Å²) in [5, 5.41) is 2.97. The topological polar surface area (TPSA) is 113 Å². The normalized spacial score (nSPS) is 11.6. The van der Waals surface area contributed by atoms with Gasteiger partial charge >= 0.3 is 0 Å². The maximum atomic E-state index is 13.6. The predicted octanol–water partition coefficient (Wildman–Crippen LogP) is 5.90. The zero-order valence-corrected chi connectivity index (χ0v) is 24.4. The largest absolute Gasteiger partial charge is 0.325 e. The second kappa shape index (κ2) is 11.7. The molecule has 2 N–H and O–H groups in total. The molecule has 0 atom stereocenters. The van der Waals surface area contributed by atoms with Crippen molar-refractivity contribution < 1.29 is 21.6 Å². The third-order valence-corrected chi connectivity index (χ3v) is 9.67. The third-order valence-electron chi connectivity index (χ3n) is 6.27. The Morgan fingerprint density at radius 3 is 2.00 bits per heavy atom. The molecule has 1 amide bonds. The number of carbonyl (C=O) groups is 1. The molecule has 40 heavy (non-hydrogen) atoms.